The van der Waals surface area contributed by atoms with Gasteiger partial charge >= 0.3 is 0 Å². The summed E-state index contributed by atoms with van der Waals surface area (Å²) in [4.78, 5) is 24.0. The molecule has 1 aromatic heterocycles. The van der Waals surface area contributed by atoms with Crippen LogP contribution in [0.25, 0.3) is 11.3 Å². The molecule has 0 aliphatic carbocycles. The molecule has 2 heterocycles. The van der Waals surface area contributed by atoms with Gasteiger partial charge < -0.3 is 10.2 Å². The molecule has 0 bridgehead atoms. The number of halogens is 1. The predicted molar refractivity (Wildman–Crippen MR) is 156 cm³/mol. The van der Waals surface area contributed by atoms with E-state index in [-0.39, 0.29) is 5.78 Å². The second kappa shape index (κ2) is 12.1. The monoisotopic (exact) mass is 522 g/mol. The number of nitrogens with zero attached hydrogens (tertiary/aromatic N) is 3. The highest BCUT2D eigenvalue weighted by molar-refractivity contribution is 6.33. The quantitative estimate of drug-likeness (QED) is 0.232. The van der Waals surface area contributed by atoms with Crippen LogP contribution in [0.5, 0.6) is 0 Å². The van der Waals surface area contributed by atoms with Crippen LogP contribution in [0.15, 0.2) is 91.6 Å². The van der Waals surface area contributed by atoms with Crippen molar-refractivity contribution in [1.82, 2.24) is 9.97 Å². The highest BCUT2D eigenvalue weighted by atomic mass is 35.5. The third-order valence-electron chi connectivity index (χ3n) is 6.81. The molecule has 0 spiro atoms. The van der Waals surface area contributed by atoms with Crippen LogP contribution >= 0.6 is 11.6 Å². The zero-order valence-electron chi connectivity index (χ0n) is 21.4. The number of allylic oxidation sites excluding steroid dienone is 1. The summed E-state index contributed by atoms with van der Waals surface area (Å²) in [5.41, 5.74) is 6.83. The topological polar surface area (TPSA) is 58.1 Å². The van der Waals surface area contributed by atoms with Crippen molar-refractivity contribution in [3.05, 3.63) is 113 Å². The lowest BCUT2D eigenvalue weighted by Gasteiger charge is -2.30. The zero-order valence-corrected chi connectivity index (χ0v) is 22.1. The smallest absolute Gasteiger partial charge is 0.227 e. The number of rotatable bonds is 9. The summed E-state index contributed by atoms with van der Waals surface area (Å²) < 4.78 is 0. The van der Waals surface area contributed by atoms with Gasteiger partial charge in [0.25, 0.3) is 0 Å². The minimum atomic E-state index is -0.0102. The summed E-state index contributed by atoms with van der Waals surface area (Å²) in [7, 11) is 0. The lowest BCUT2D eigenvalue weighted by molar-refractivity contribution is -0.114. The maximum absolute atomic E-state index is 12.0. The van der Waals surface area contributed by atoms with E-state index >= 15 is 0 Å². The normalized spacial score (nSPS) is 13.2. The first-order valence-corrected chi connectivity index (χ1v) is 13.4. The van der Waals surface area contributed by atoms with E-state index in [0.717, 1.165) is 51.9 Å². The molecule has 5 nitrogen and oxygen atoms in total. The number of ketones is 1. The Morgan fingerprint density at radius 3 is 2.55 bits per heavy atom. The van der Waals surface area contributed by atoms with Crippen LogP contribution in [0.2, 0.25) is 5.02 Å². The molecular formula is C32H31ClN4O. The van der Waals surface area contributed by atoms with E-state index in [2.05, 4.69) is 40.0 Å². The van der Waals surface area contributed by atoms with Gasteiger partial charge in [0, 0.05) is 48.9 Å². The highest BCUT2D eigenvalue weighted by Crippen LogP contribution is 2.32. The SMILES string of the molecule is C=CC(=O)Cc1cccc(-c2nc(Nc3ccc(Cl)c(N4CCCCC4)c3)ncc2Cc2ccccc2)c1. The molecule has 1 aliphatic rings. The largest absolute Gasteiger partial charge is 0.370 e. The van der Waals surface area contributed by atoms with E-state index in [1.54, 1.807) is 0 Å². The van der Waals surface area contributed by atoms with Crippen molar-refractivity contribution in [2.45, 2.75) is 32.1 Å². The average Bonchev–Trinajstić information content (AvgIpc) is 2.96. The van der Waals surface area contributed by atoms with Crippen LogP contribution in [0.3, 0.4) is 0 Å². The van der Waals surface area contributed by atoms with Crippen LogP contribution in [0, 0.1) is 0 Å². The van der Waals surface area contributed by atoms with Crippen molar-refractivity contribution in [3.8, 4) is 11.3 Å². The fourth-order valence-corrected chi connectivity index (χ4v) is 5.10. The molecule has 38 heavy (non-hydrogen) atoms. The van der Waals surface area contributed by atoms with Crippen LogP contribution in [0.1, 0.15) is 36.0 Å². The number of carbonyl (C=O) groups is 1. The molecule has 0 atom stereocenters. The number of anilines is 3. The maximum Gasteiger partial charge on any atom is 0.227 e. The van der Waals surface area contributed by atoms with Crippen LogP contribution in [-0.2, 0) is 17.6 Å². The Morgan fingerprint density at radius 1 is 0.974 bits per heavy atom. The zero-order chi connectivity index (χ0) is 26.3. The summed E-state index contributed by atoms with van der Waals surface area (Å²) in [5, 5.41) is 4.15. The minimum Gasteiger partial charge on any atom is -0.370 e. The summed E-state index contributed by atoms with van der Waals surface area (Å²) in [6.07, 6.45) is 7.89. The second-order valence-corrected chi connectivity index (χ2v) is 10.0. The molecule has 4 aromatic rings. The van der Waals surface area contributed by atoms with Crippen molar-refractivity contribution in [1.29, 1.82) is 0 Å². The fraction of sp³-hybridized carbons (Fsp3) is 0.219. The van der Waals surface area contributed by atoms with Gasteiger partial charge in [-0.05, 0) is 60.7 Å². The Morgan fingerprint density at radius 2 is 1.76 bits per heavy atom. The van der Waals surface area contributed by atoms with E-state index in [1.807, 2.05) is 60.8 Å². The Balaban J connectivity index is 1.48. The van der Waals surface area contributed by atoms with Crippen molar-refractivity contribution >= 4 is 34.7 Å². The molecule has 1 N–H and O–H groups in total. The van der Waals surface area contributed by atoms with Crippen LogP contribution in [-0.4, -0.2) is 28.8 Å². The number of benzene rings is 3. The number of nitrogens with one attached hydrogen (secondary N) is 1. The van der Waals surface area contributed by atoms with Gasteiger partial charge in [-0.2, -0.15) is 0 Å². The van der Waals surface area contributed by atoms with Crippen molar-refractivity contribution in [2.24, 2.45) is 0 Å². The number of hydrogen-bond donors (Lipinski definition) is 1. The molecule has 1 fully saturated rings. The van der Waals surface area contributed by atoms with Crippen molar-refractivity contribution < 1.29 is 4.79 Å². The third-order valence-corrected chi connectivity index (χ3v) is 7.13. The molecule has 0 radical (unpaired) electrons. The molecule has 0 amide bonds. The first-order valence-electron chi connectivity index (χ1n) is 13.0. The number of piperidine rings is 1. The van der Waals surface area contributed by atoms with Gasteiger partial charge in [0.05, 0.1) is 16.4 Å². The molecule has 1 saturated heterocycles. The van der Waals surface area contributed by atoms with E-state index in [1.165, 1.54) is 30.9 Å². The maximum atomic E-state index is 12.0. The number of hydrogen-bond acceptors (Lipinski definition) is 5. The number of aromatic nitrogens is 2. The molecule has 6 heteroatoms. The lowest BCUT2D eigenvalue weighted by Crippen LogP contribution is -2.29. The van der Waals surface area contributed by atoms with Crippen LogP contribution in [0.4, 0.5) is 17.3 Å². The minimum absolute atomic E-state index is 0.0102. The Hall–Kier alpha value is -3.96. The van der Waals surface area contributed by atoms with Crippen LogP contribution < -0.4 is 10.2 Å². The summed E-state index contributed by atoms with van der Waals surface area (Å²) in [5.74, 6) is 0.500. The highest BCUT2D eigenvalue weighted by Gasteiger charge is 2.16. The van der Waals surface area contributed by atoms with Crippen molar-refractivity contribution in [3.63, 3.8) is 0 Å². The Bertz CT molecular complexity index is 1430. The van der Waals surface area contributed by atoms with Gasteiger partial charge in [-0.1, -0.05) is 66.7 Å². The Labute approximate surface area is 229 Å². The summed E-state index contributed by atoms with van der Waals surface area (Å²) >= 11 is 6.57. The first kappa shape index (κ1) is 25.7. The summed E-state index contributed by atoms with van der Waals surface area (Å²) in [6, 6.07) is 24.2. The van der Waals surface area contributed by atoms with E-state index in [9.17, 15) is 4.79 Å². The predicted octanol–water partition coefficient (Wildman–Crippen LogP) is 7.42. The standard InChI is InChI=1S/C32H31ClN4O/c1-2-28(38)20-24-12-9-13-25(19-24)31-26(18-23-10-5-3-6-11-23)22-34-32(36-31)35-27-14-15-29(33)30(21-27)37-16-7-4-8-17-37/h2-3,5-6,9-15,19,21-22H,1,4,7-8,16-18,20H2,(H,34,35,36). The molecule has 0 unspecified atom stereocenters. The lowest BCUT2D eigenvalue weighted by atomic mass is 9.98. The van der Waals surface area contributed by atoms with Crippen molar-refractivity contribution in [2.75, 3.05) is 23.3 Å². The molecule has 0 saturated carbocycles. The Kier molecular flexibility index (Phi) is 8.15. The molecular weight excluding hydrogens is 492 g/mol. The molecule has 192 valence electrons. The average molecular weight is 523 g/mol. The second-order valence-electron chi connectivity index (χ2n) is 9.62. The summed E-state index contributed by atoms with van der Waals surface area (Å²) in [6.45, 7) is 5.63. The van der Waals surface area contributed by atoms with E-state index in [4.69, 9.17) is 16.6 Å². The van der Waals surface area contributed by atoms with E-state index < -0.39 is 0 Å². The van der Waals surface area contributed by atoms with Gasteiger partial charge in [0.15, 0.2) is 5.78 Å². The van der Waals surface area contributed by atoms with E-state index in [0.29, 0.717) is 18.8 Å². The van der Waals surface area contributed by atoms with Gasteiger partial charge in [-0.3, -0.25) is 4.79 Å². The van der Waals surface area contributed by atoms with Gasteiger partial charge in [0.1, 0.15) is 0 Å². The van der Waals surface area contributed by atoms with Gasteiger partial charge in [0.2, 0.25) is 5.95 Å². The molecule has 1 aliphatic heterocycles. The molecule has 5 rings (SSSR count). The third kappa shape index (κ3) is 6.29. The molecule has 3 aromatic carbocycles. The van der Waals surface area contributed by atoms with Gasteiger partial charge in [-0.15, -0.1) is 0 Å². The van der Waals surface area contributed by atoms with Gasteiger partial charge in [-0.25, -0.2) is 9.97 Å². The first-order chi connectivity index (χ1) is 18.6. The fourth-order valence-electron chi connectivity index (χ4n) is 4.86. The number of carbonyl (C=O) groups excluding carboxylic acids is 1.